The highest BCUT2D eigenvalue weighted by atomic mass is 35.5. The maximum Gasteiger partial charge on any atom is 0.344 e. The molecule has 0 bridgehead atoms. The zero-order chi connectivity index (χ0) is 15.9. The van der Waals surface area contributed by atoms with Gasteiger partial charge in [0.05, 0.1) is 30.3 Å². The van der Waals surface area contributed by atoms with Gasteiger partial charge in [0.25, 0.3) is 0 Å². The third-order valence-electron chi connectivity index (χ3n) is 2.79. The highest BCUT2D eigenvalue weighted by Crippen LogP contribution is 2.27. The fourth-order valence-electron chi connectivity index (χ4n) is 1.29. The van der Waals surface area contributed by atoms with E-state index in [1.807, 2.05) is 0 Å². The van der Waals surface area contributed by atoms with Crippen LogP contribution in [0.25, 0.3) is 0 Å². The molecule has 0 fully saturated rings. The smallest absolute Gasteiger partial charge is 0.344 e. The van der Waals surface area contributed by atoms with Gasteiger partial charge in [-0.05, 0) is 18.2 Å². The molecule has 6 nitrogen and oxygen atoms in total. The molecule has 0 heterocycles. The van der Waals surface area contributed by atoms with Gasteiger partial charge in [0, 0.05) is 5.02 Å². The van der Waals surface area contributed by atoms with Gasteiger partial charge in [-0.25, -0.2) is 4.79 Å². The Hall–Kier alpha value is -1.05. The lowest BCUT2D eigenvalue weighted by molar-refractivity contribution is -0.153. The summed E-state index contributed by atoms with van der Waals surface area (Å²) in [4.78, 5) is 11.5. The molecule has 0 aliphatic rings. The second kappa shape index (κ2) is 8.41. The van der Waals surface area contributed by atoms with E-state index in [1.54, 1.807) is 6.07 Å². The second-order valence-electron chi connectivity index (χ2n) is 4.50. The summed E-state index contributed by atoms with van der Waals surface area (Å²) in [6.07, 6.45) is 0. The second-order valence-corrected chi connectivity index (χ2v) is 5.34. The van der Waals surface area contributed by atoms with E-state index >= 15 is 0 Å². The SMILES string of the molecule is O=C(COc1ccc(Cl)cc1Cl)OCC(CO)(CO)CO. The van der Waals surface area contributed by atoms with Crippen molar-refractivity contribution >= 4 is 29.2 Å². The summed E-state index contributed by atoms with van der Waals surface area (Å²) < 4.78 is 10.0. The topological polar surface area (TPSA) is 96.2 Å². The first-order valence-electron chi connectivity index (χ1n) is 6.02. The Morgan fingerprint density at radius 2 is 1.76 bits per heavy atom. The van der Waals surface area contributed by atoms with Crippen LogP contribution in [-0.2, 0) is 9.53 Å². The molecule has 1 rings (SSSR count). The lowest BCUT2D eigenvalue weighted by atomic mass is 9.93. The van der Waals surface area contributed by atoms with Crippen molar-refractivity contribution in [2.24, 2.45) is 5.41 Å². The lowest BCUT2D eigenvalue weighted by Crippen LogP contribution is -2.40. The van der Waals surface area contributed by atoms with E-state index in [9.17, 15) is 4.79 Å². The molecule has 8 heteroatoms. The summed E-state index contributed by atoms with van der Waals surface area (Å²) in [5.74, 6) is -0.448. The van der Waals surface area contributed by atoms with Crippen molar-refractivity contribution in [2.75, 3.05) is 33.0 Å². The van der Waals surface area contributed by atoms with E-state index in [2.05, 4.69) is 0 Å². The normalized spacial score (nSPS) is 11.3. The molecule has 0 atom stereocenters. The van der Waals surface area contributed by atoms with Crippen LogP contribution >= 0.6 is 23.2 Å². The number of ether oxygens (including phenoxy) is 2. The van der Waals surface area contributed by atoms with Crippen LogP contribution in [0, 0.1) is 5.41 Å². The standard InChI is InChI=1S/C13H16Cl2O6/c14-9-1-2-11(10(15)3-9)20-4-12(19)21-8-13(5-16,6-17)7-18/h1-3,16-18H,4-8H2. The predicted molar refractivity (Wildman–Crippen MR) is 76.6 cm³/mol. The van der Waals surface area contributed by atoms with Crippen molar-refractivity contribution < 1.29 is 29.6 Å². The maximum atomic E-state index is 11.5. The van der Waals surface area contributed by atoms with Crippen LogP contribution in [0.5, 0.6) is 5.75 Å². The summed E-state index contributed by atoms with van der Waals surface area (Å²) >= 11 is 11.6. The number of hydrogen-bond acceptors (Lipinski definition) is 6. The van der Waals surface area contributed by atoms with E-state index in [0.717, 1.165) is 0 Å². The molecule has 1 aromatic rings. The first-order chi connectivity index (χ1) is 9.96. The number of halogens is 2. The molecule has 1 aromatic carbocycles. The largest absolute Gasteiger partial charge is 0.480 e. The number of carbonyl (C=O) groups is 1. The summed E-state index contributed by atoms with van der Waals surface area (Å²) in [7, 11) is 0. The van der Waals surface area contributed by atoms with Gasteiger partial charge in [0.15, 0.2) is 6.61 Å². The Morgan fingerprint density at radius 3 is 2.29 bits per heavy atom. The van der Waals surface area contributed by atoms with Crippen molar-refractivity contribution in [2.45, 2.75) is 0 Å². The molecule has 0 radical (unpaired) electrons. The first-order valence-corrected chi connectivity index (χ1v) is 6.78. The summed E-state index contributed by atoms with van der Waals surface area (Å²) in [5.41, 5.74) is -1.27. The van der Waals surface area contributed by atoms with Gasteiger partial charge in [-0.3, -0.25) is 0 Å². The highest BCUT2D eigenvalue weighted by Gasteiger charge is 2.30. The third kappa shape index (κ3) is 5.33. The zero-order valence-corrected chi connectivity index (χ0v) is 12.6. The van der Waals surface area contributed by atoms with Gasteiger partial charge in [0.1, 0.15) is 12.4 Å². The van der Waals surface area contributed by atoms with Crippen LogP contribution in [-0.4, -0.2) is 54.3 Å². The highest BCUT2D eigenvalue weighted by molar-refractivity contribution is 6.35. The van der Waals surface area contributed by atoms with Crippen molar-refractivity contribution in [3.63, 3.8) is 0 Å². The van der Waals surface area contributed by atoms with E-state index < -0.39 is 37.8 Å². The number of aliphatic hydroxyl groups excluding tert-OH is 3. The molecule has 0 amide bonds. The predicted octanol–water partition coefficient (Wildman–Crippen LogP) is 0.879. The number of aliphatic hydroxyl groups is 3. The van der Waals surface area contributed by atoms with Crippen LogP contribution in [0.2, 0.25) is 10.0 Å². The minimum absolute atomic E-state index is 0.255. The molecule has 0 aliphatic carbocycles. The fourth-order valence-corrected chi connectivity index (χ4v) is 1.75. The van der Waals surface area contributed by atoms with Gasteiger partial charge < -0.3 is 24.8 Å². The molecular weight excluding hydrogens is 323 g/mol. The number of carbonyl (C=O) groups excluding carboxylic acids is 1. The summed E-state index contributed by atoms with van der Waals surface area (Å²) in [5, 5.41) is 28.0. The molecular formula is C13H16Cl2O6. The van der Waals surface area contributed by atoms with Crippen LogP contribution in [0.4, 0.5) is 0 Å². The molecule has 0 spiro atoms. The minimum atomic E-state index is -1.27. The monoisotopic (exact) mass is 338 g/mol. The molecule has 0 saturated heterocycles. The van der Waals surface area contributed by atoms with Gasteiger partial charge >= 0.3 is 5.97 Å². The average Bonchev–Trinajstić information content (AvgIpc) is 2.48. The van der Waals surface area contributed by atoms with Gasteiger partial charge in [-0.2, -0.15) is 0 Å². The van der Waals surface area contributed by atoms with Gasteiger partial charge in [-0.15, -0.1) is 0 Å². The third-order valence-corrected chi connectivity index (χ3v) is 3.32. The van der Waals surface area contributed by atoms with Crippen LogP contribution in [0.3, 0.4) is 0 Å². The molecule has 0 aliphatic heterocycles. The molecule has 3 N–H and O–H groups in total. The van der Waals surface area contributed by atoms with Crippen LogP contribution in [0.1, 0.15) is 0 Å². The quantitative estimate of drug-likeness (QED) is 0.609. The van der Waals surface area contributed by atoms with E-state index in [4.69, 9.17) is 48.0 Å². The molecule has 118 valence electrons. The molecule has 0 unspecified atom stereocenters. The molecule has 0 saturated carbocycles. The van der Waals surface area contributed by atoms with Crippen molar-refractivity contribution in [3.05, 3.63) is 28.2 Å². The summed E-state index contributed by atoms with van der Waals surface area (Å²) in [6, 6.07) is 4.54. The molecule has 0 aromatic heterocycles. The van der Waals surface area contributed by atoms with Gasteiger partial charge in [0.2, 0.25) is 0 Å². The number of rotatable bonds is 8. The molecule has 21 heavy (non-hydrogen) atoms. The lowest BCUT2D eigenvalue weighted by Gasteiger charge is -2.26. The van der Waals surface area contributed by atoms with Crippen molar-refractivity contribution in [1.82, 2.24) is 0 Å². The maximum absolute atomic E-state index is 11.5. The van der Waals surface area contributed by atoms with Crippen LogP contribution < -0.4 is 4.74 Å². The minimum Gasteiger partial charge on any atom is -0.480 e. The zero-order valence-electron chi connectivity index (χ0n) is 11.1. The first kappa shape index (κ1) is 18.0. The fraction of sp³-hybridized carbons (Fsp3) is 0.462. The number of benzene rings is 1. The Labute approximate surface area is 131 Å². The Balaban J connectivity index is 2.47. The Morgan fingerprint density at radius 1 is 1.14 bits per heavy atom. The number of esters is 1. The van der Waals surface area contributed by atoms with Crippen molar-refractivity contribution in [3.8, 4) is 5.75 Å². The average molecular weight is 339 g/mol. The van der Waals surface area contributed by atoms with Crippen LogP contribution in [0.15, 0.2) is 18.2 Å². The Bertz CT molecular complexity index is 467. The van der Waals surface area contributed by atoms with E-state index in [-0.39, 0.29) is 17.4 Å². The summed E-state index contributed by atoms with van der Waals surface area (Å²) in [6.45, 7) is -2.28. The Kier molecular flexibility index (Phi) is 7.21. The van der Waals surface area contributed by atoms with E-state index in [0.29, 0.717) is 5.02 Å². The number of hydrogen-bond donors (Lipinski definition) is 3. The van der Waals surface area contributed by atoms with Crippen molar-refractivity contribution in [1.29, 1.82) is 0 Å². The van der Waals surface area contributed by atoms with E-state index in [1.165, 1.54) is 12.1 Å². The van der Waals surface area contributed by atoms with Gasteiger partial charge in [-0.1, -0.05) is 23.2 Å².